The van der Waals surface area contributed by atoms with E-state index in [2.05, 4.69) is 72.5 Å². The van der Waals surface area contributed by atoms with Crippen LogP contribution in [0, 0.1) is 0 Å². The summed E-state index contributed by atoms with van der Waals surface area (Å²) in [7, 11) is 3.36. The largest absolute Gasteiger partial charge is 0.130 e. The van der Waals surface area contributed by atoms with E-state index in [-0.39, 0.29) is 0 Å². The van der Waals surface area contributed by atoms with Crippen LogP contribution in [0.4, 0.5) is 0 Å². The molecule has 0 aliphatic carbocycles. The van der Waals surface area contributed by atoms with Gasteiger partial charge in [-0.3, -0.25) is 0 Å². The number of rotatable bonds is 19. The van der Waals surface area contributed by atoms with E-state index in [9.17, 15) is 0 Å². The van der Waals surface area contributed by atoms with Gasteiger partial charge in [-0.1, -0.05) is 153 Å². The lowest BCUT2D eigenvalue weighted by molar-refractivity contribution is 0.379. The Morgan fingerprint density at radius 3 is 1.70 bits per heavy atom. The van der Waals surface area contributed by atoms with E-state index >= 15 is 0 Å². The molecule has 33 heavy (non-hydrogen) atoms. The third-order valence-corrected chi connectivity index (χ3v) is 8.65. The summed E-state index contributed by atoms with van der Waals surface area (Å²) in [6.45, 7) is 7.02. The highest BCUT2D eigenvalue weighted by Gasteiger charge is 2.34. The van der Waals surface area contributed by atoms with Crippen LogP contribution in [-0.4, -0.2) is 5.16 Å². The molecule has 0 N–H and O–H groups in total. The molecular formula is C32H53P. The molecule has 2 rings (SSSR count). The molecule has 0 aliphatic rings. The van der Waals surface area contributed by atoms with Crippen molar-refractivity contribution in [1.29, 1.82) is 0 Å². The zero-order valence-corrected chi connectivity index (χ0v) is 23.4. The molecule has 0 bridgehead atoms. The Balaban J connectivity index is 1.89. The summed E-state index contributed by atoms with van der Waals surface area (Å²) in [5.74, 6) is 0.636. The van der Waals surface area contributed by atoms with Gasteiger partial charge in [0.2, 0.25) is 0 Å². The van der Waals surface area contributed by atoms with Crippen molar-refractivity contribution >= 4 is 20.0 Å². The van der Waals surface area contributed by atoms with E-state index < -0.39 is 0 Å². The highest BCUT2D eigenvalue weighted by atomic mass is 31.0. The highest BCUT2D eigenvalue weighted by Crippen LogP contribution is 2.47. The smallest absolute Gasteiger partial charge is 0.00647 e. The molecule has 2 aromatic carbocycles. The Bertz CT molecular complexity index is 738. The number of unbranched alkanes of at least 4 members (excludes halogenated alkanes) is 11. The van der Waals surface area contributed by atoms with Crippen LogP contribution in [0.25, 0.3) is 10.8 Å². The maximum Gasteiger partial charge on any atom is -0.00647 e. The first-order valence-electron chi connectivity index (χ1n) is 14.4. The number of benzene rings is 2. The van der Waals surface area contributed by atoms with Crippen LogP contribution in [0.1, 0.15) is 141 Å². The van der Waals surface area contributed by atoms with Gasteiger partial charge in [0.1, 0.15) is 0 Å². The average Bonchev–Trinajstić information content (AvgIpc) is 2.82. The fraction of sp³-hybridized carbons (Fsp3) is 0.688. The number of fused-ring (bicyclic) bond motifs is 1. The summed E-state index contributed by atoms with van der Waals surface area (Å²) in [6, 6.07) is 16.0. The highest BCUT2D eigenvalue weighted by molar-refractivity contribution is 7.19. The molecule has 2 atom stereocenters. The van der Waals surface area contributed by atoms with Crippen LogP contribution in [0.2, 0.25) is 0 Å². The molecule has 0 spiro atoms. The van der Waals surface area contributed by atoms with Crippen molar-refractivity contribution in [2.24, 2.45) is 0 Å². The van der Waals surface area contributed by atoms with Gasteiger partial charge in [0.25, 0.3) is 0 Å². The molecule has 0 nitrogen and oxygen atoms in total. The Labute approximate surface area is 208 Å². The summed E-state index contributed by atoms with van der Waals surface area (Å²) in [5.41, 5.74) is 1.59. The van der Waals surface area contributed by atoms with Crippen LogP contribution < -0.4 is 0 Å². The Morgan fingerprint density at radius 1 is 0.606 bits per heavy atom. The summed E-state index contributed by atoms with van der Waals surface area (Å²) in [6.07, 6.45) is 23.6. The van der Waals surface area contributed by atoms with Crippen LogP contribution in [0.5, 0.6) is 0 Å². The van der Waals surface area contributed by atoms with Crippen molar-refractivity contribution in [2.75, 3.05) is 0 Å². The third kappa shape index (κ3) is 9.72. The molecule has 0 fully saturated rings. The number of hydrogen-bond donors (Lipinski definition) is 0. The van der Waals surface area contributed by atoms with Gasteiger partial charge < -0.3 is 0 Å². The molecule has 0 saturated carbocycles. The molecule has 186 valence electrons. The molecule has 1 heteroatoms. The first-order valence-corrected chi connectivity index (χ1v) is 15.0. The van der Waals surface area contributed by atoms with Crippen molar-refractivity contribution < 1.29 is 0 Å². The first kappa shape index (κ1) is 28.4. The van der Waals surface area contributed by atoms with Gasteiger partial charge in [-0.2, -0.15) is 0 Å². The molecule has 0 saturated heterocycles. The number of hydrogen-bond acceptors (Lipinski definition) is 0. The van der Waals surface area contributed by atoms with Gasteiger partial charge in [-0.15, -0.1) is 9.24 Å². The van der Waals surface area contributed by atoms with Gasteiger partial charge >= 0.3 is 0 Å². The fourth-order valence-electron chi connectivity index (χ4n) is 5.90. The van der Waals surface area contributed by atoms with Crippen molar-refractivity contribution in [2.45, 2.75) is 141 Å². The molecular weight excluding hydrogens is 415 g/mol. The molecule has 2 unspecified atom stereocenters. The van der Waals surface area contributed by atoms with Crippen molar-refractivity contribution in [3.05, 3.63) is 48.0 Å². The van der Waals surface area contributed by atoms with Crippen LogP contribution in [0.15, 0.2) is 42.5 Å². The van der Waals surface area contributed by atoms with E-state index in [0.717, 1.165) is 0 Å². The predicted octanol–water partition coefficient (Wildman–Crippen LogP) is 11.2. The van der Waals surface area contributed by atoms with Gasteiger partial charge in [-0.05, 0) is 46.7 Å². The van der Waals surface area contributed by atoms with Gasteiger partial charge in [-0.25, -0.2) is 0 Å². The van der Waals surface area contributed by atoms with Crippen molar-refractivity contribution in [3.63, 3.8) is 0 Å². The molecule has 0 heterocycles. The third-order valence-electron chi connectivity index (χ3n) is 7.67. The van der Waals surface area contributed by atoms with Crippen molar-refractivity contribution in [3.8, 4) is 0 Å². The zero-order valence-electron chi connectivity index (χ0n) is 22.2. The Hall–Kier alpha value is -0.870. The molecule has 0 aromatic heterocycles. The van der Waals surface area contributed by atoms with E-state index in [1.165, 1.54) is 120 Å². The van der Waals surface area contributed by atoms with Gasteiger partial charge in [0.15, 0.2) is 0 Å². The van der Waals surface area contributed by atoms with E-state index in [0.29, 0.717) is 11.1 Å². The van der Waals surface area contributed by atoms with Crippen LogP contribution in [0.3, 0.4) is 0 Å². The van der Waals surface area contributed by atoms with Crippen LogP contribution in [-0.2, 0) is 0 Å². The average molecular weight is 469 g/mol. The van der Waals surface area contributed by atoms with Gasteiger partial charge in [0, 0.05) is 0 Å². The lowest BCUT2D eigenvalue weighted by atomic mass is 9.75. The molecule has 0 amide bonds. The lowest BCUT2D eigenvalue weighted by Gasteiger charge is -2.39. The second-order valence-corrected chi connectivity index (χ2v) is 11.7. The van der Waals surface area contributed by atoms with E-state index in [1.807, 2.05) is 0 Å². The summed E-state index contributed by atoms with van der Waals surface area (Å²) in [5, 5.41) is 3.20. The van der Waals surface area contributed by atoms with E-state index in [4.69, 9.17) is 0 Å². The monoisotopic (exact) mass is 468 g/mol. The summed E-state index contributed by atoms with van der Waals surface area (Å²) >= 11 is 0. The second kappa shape index (κ2) is 16.7. The summed E-state index contributed by atoms with van der Waals surface area (Å²) < 4.78 is 0. The maximum atomic E-state index is 3.36. The first-order chi connectivity index (χ1) is 16.2. The fourth-order valence-corrected chi connectivity index (χ4v) is 6.82. The zero-order chi connectivity index (χ0) is 23.8. The molecule has 0 radical (unpaired) electrons. The minimum atomic E-state index is 0.325. The normalized spacial score (nSPS) is 13.0. The van der Waals surface area contributed by atoms with Crippen LogP contribution >= 0.6 is 9.24 Å². The van der Waals surface area contributed by atoms with Crippen molar-refractivity contribution in [1.82, 2.24) is 0 Å². The summed E-state index contributed by atoms with van der Waals surface area (Å²) in [4.78, 5) is 0. The standard InChI is InChI=1S/C32H53P/c1-4-7-8-9-10-11-12-13-14-15-16-17-25-31(32(33,26-5-2)27-6-3)30-24-20-22-28-21-18-19-23-29(28)30/h18-24,31H,4-17,25-27,33H2,1-3H3. The second-order valence-electron chi connectivity index (χ2n) is 10.5. The molecule has 2 aromatic rings. The minimum absolute atomic E-state index is 0.325. The Morgan fingerprint density at radius 2 is 1.12 bits per heavy atom. The maximum absolute atomic E-state index is 3.36. The lowest BCUT2D eigenvalue weighted by Crippen LogP contribution is -2.30. The van der Waals surface area contributed by atoms with Gasteiger partial charge in [0.05, 0.1) is 0 Å². The quantitative estimate of drug-likeness (QED) is 0.142. The minimum Gasteiger partial charge on any atom is -0.130 e. The Kier molecular flexibility index (Phi) is 14.4. The van der Waals surface area contributed by atoms with E-state index in [1.54, 1.807) is 5.56 Å². The predicted molar refractivity (Wildman–Crippen MR) is 155 cm³/mol. The molecule has 0 aliphatic heterocycles. The topological polar surface area (TPSA) is 0 Å². The SMILES string of the molecule is CCCCCCCCCCCCCCC(c1cccc2ccccc12)C(P)(CCC)CCC.